The third kappa shape index (κ3) is 2.23. The zero-order valence-electron chi connectivity index (χ0n) is 9.50. The van der Waals surface area contributed by atoms with Gasteiger partial charge in [0, 0.05) is 9.75 Å². The maximum atomic E-state index is 13.5. The van der Waals surface area contributed by atoms with Gasteiger partial charge in [-0.15, -0.1) is 11.3 Å². The Morgan fingerprint density at radius 2 is 1.76 bits per heavy atom. The molecule has 4 heteroatoms. The molecule has 90 valence electrons. The van der Waals surface area contributed by atoms with Crippen LogP contribution in [-0.4, -0.2) is 5.11 Å². The Kier molecular flexibility index (Phi) is 3.26. The minimum absolute atomic E-state index is 0.280. The lowest BCUT2D eigenvalue weighted by Gasteiger charge is -2.12. The Morgan fingerprint density at radius 3 is 2.24 bits per heavy atom. The van der Waals surface area contributed by atoms with Crippen molar-refractivity contribution in [3.63, 3.8) is 0 Å². The first-order valence-corrected chi connectivity index (χ1v) is 6.01. The van der Waals surface area contributed by atoms with E-state index in [1.54, 1.807) is 0 Å². The van der Waals surface area contributed by atoms with Crippen molar-refractivity contribution in [2.24, 2.45) is 0 Å². The summed E-state index contributed by atoms with van der Waals surface area (Å²) in [5.41, 5.74) is 0.570. The molecule has 1 unspecified atom stereocenters. The lowest BCUT2D eigenvalue weighted by atomic mass is 10.0. The Morgan fingerprint density at radius 1 is 1.18 bits per heavy atom. The highest BCUT2D eigenvalue weighted by molar-refractivity contribution is 7.12. The lowest BCUT2D eigenvalue weighted by Crippen LogP contribution is -2.05. The fourth-order valence-corrected chi connectivity index (χ4v) is 2.87. The summed E-state index contributed by atoms with van der Waals surface area (Å²) >= 11 is 1.35. The van der Waals surface area contributed by atoms with Crippen molar-refractivity contribution in [2.45, 2.75) is 20.0 Å². The van der Waals surface area contributed by atoms with Crippen LogP contribution in [0.5, 0.6) is 0 Å². The third-order valence-electron chi connectivity index (χ3n) is 2.60. The van der Waals surface area contributed by atoms with Crippen LogP contribution in [0.2, 0.25) is 0 Å². The summed E-state index contributed by atoms with van der Waals surface area (Å²) in [6.45, 7) is 3.71. The summed E-state index contributed by atoms with van der Waals surface area (Å²) in [6, 6.07) is 5.48. The predicted molar refractivity (Wildman–Crippen MR) is 64.2 cm³/mol. The van der Waals surface area contributed by atoms with E-state index >= 15 is 0 Å². The molecule has 17 heavy (non-hydrogen) atoms. The average Bonchev–Trinajstić information content (AvgIpc) is 2.57. The summed E-state index contributed by atoms with van der Waals surface area (Å²) in [7, 11) is 0. The Balaban J connectivity index is 2.51. The number of benzene rings is 1. The zero-order valence-corrected chi connectivity index (χ0v) is 10.3. The van der Waals surface area contributed by atoms with Crippen molar-refractivity contribution in [3.8, 4) is 0 Å². The average molecular weight is 254 g/mol. The molecule has 1 aromatic heterocycles. The highest BCUT2D eigenvalue weighted by Crippen LogP contribution is 2.33. The number of aliphatic hydroxyl groups excluding tert-OH is 1. The second kappa shape index (κ2) is 4.55. The molecular formula is C13H12F2OS. The highest BCUT2D eigenvalue weighted by atomic mass is 32.1. The normalized spacial score (nSPS) is 12.8. The predicted octanol–water partition coefficient (Wildman–Crippen LogP) is 3.72. The number of halogens is 2. The van der Waals surface area contributed by atoms with E-state index < -0.39 is 17.7 Å². The molecule has 0 bridgehead atoms. The van der Waals surface area contributed by atoms with Gasteiger partial charge in [-0.1, -0.05) is 6.07 Å². The monoisotopic (exact) mass is 254 g/mol. The largest absolute Gasteiger partial charge is 0.383 e. The second-order valence-electron chi connectivity index (χ2n) is 3.94. The van der Waals surface area contributed by atoms with Gasteiger partial charge in [0.15, 0.2) is 0 Å². The number of hydrogen-bond donors (Lipinski definition) is 1. The van der Waals surface area contributed by atoms with Crippen LogP contribution in [0.25, 0.3) is 0 Å². The molecular weight excluding hydrogens is 242 g/mol. The van der Waals surface area contributed by atoms with Crippen molar-refractivity contribution >= 4 is 11.3 Å². The van der Waals surface area contributed by atoms with Gasteiger partial charge in [0.05, 0.1) is 5.56 Å². The van der Waals surface area contributed by atoms with E-state index in [0.717, 1.165) is 22.6 Å². The molecule has 1 N–H and O–H groups in total. The van der Waals surface area contributed by atoms with Crippen LogP contribution >= 0.6 is 11.3 Å². The topological polar surface area (TPSA) is 20.2 Å². The van der Waals surface area contributed by atoms with E-state index in [9.17, 15) is 13.9 Å². The molecule has 0 radical (unpaired) electrons. The Labute approximate surface area is 102 Å². The molecule has 0 amide bonds. The van der Waals surface area contributed by atoms with Gasteiger partial charge in [-0.05, 0) is 37.6 Å². The molecule has 0 aliphatic heterocycles. The molecule has 0 saturated heterocycles. The number of rotatable bonds is 2. The van der Waals surface area contributed by atoms with Crippen molar-refractivity contribution < 1.29 is 13.9 Å². The third-order valence-corrected chi connectivity index (χ3v) is 3.81. The molecule has 1 aromatic carbocycles. The molecule has 2 aromatic rings. The van der Waals surface area contributed by atoms with Gasteiger partial charge in [-0.3, -0.25) is 0 Å². The van der Waals surface area contributed by atoms with Crippen LogP contribution in [0.4, 0.5) is 8.78 Å². The molecule has 1 heterocycles. The minimum atomic E-state index is -1.24. The Hall–Kier alpha value is -1.26. The number of aryl methyl sites for hydroxylation is 2. The van der Waals surface area contributed by atoms with Crippen LogP contribution in [-0.2, 0) is 0 Å². The molecule has 2 rings (SSSR count). The molecule has 1 atom stereocenters. The molecule has 0 aliphatic carbocycles. The Bertz CT molecular complexity index is 528. The first kappa shape index (κ1) is 12.2. The highest BCUT2D eigenvalue weighted by Gasteiger charge is 2.22. The van der Waals surface area contributed by atoms with Gasteiger partial charge < -0.3 is 5.11 Å². The summed E-state index contributed by atoms with van der Waals surface area (Å²) in [4.78, 5) is 1.60. The van der Waals surface area contributed by atoms with Crippen molar-refractivity contribution in [2.75, 3.05) is 0 Å². The first-order valence-electron chi connectivity index (χ1n) is 5.19. The van der Waals surface area contributed by atoms with E-state index in [2.05, 4.69) is 0 Å². The zero-order chi connectivity index (χ0) is 12.6. The van der Waals surface area contributed by atoms with Crippen molar-refractivity contribution in [3.05, 3.63) is 56.8 Å². The maximum absolute atomic E-state index is 13.5. The van der Waals surface area contributed by atoms with Gasteiger partial charge in [-0.25, -0.2) is 8.78 Å². The molecule has 1 nitrogen and oxygen atoms in total. The quantitative estimate of drug-likeness (QED) is 0.866. The summed E-state index contributed by atoms with van der Waals surface area (Å²) in [6.07, 6.45) is -1.24. The molecule has 0 fully saturated rings. The fraction of sp³-hybridized carbons (Fsp3) is 0.231. The van der Waals surface area contributed by atoms with Gasteiger partial charge in [-0.2, -0.15) is 0 Å². The number of hydrogen-bond acceptors (Lipinski definition) is 2. The van der Waals surface area contributed by atoms with Crippen LogP contribution in [0.3, 0.4) is 0 Å². The standard InChI is InChI=1S/C13H12F2OS/c1-7-6-8(2)17-13(7)12(16)11-9(14)4-3-5-10(11)15/h3-6,12,16H,1-2H3. The van der Waals surface area contributed by atoms with E-state index in [0.29, 0.717) is 4.88 Å². The van der Waals surface area contributed by atoms with Crippen molar-refractivity contribution in [1.82, 2.24) is 0 Å². The molecule has 0 spiro atoms. The van der Waals surface area contributed by atoms with Crippen LogP contribution < -0.4 is 0 Å². The van der Waals surface area contributed by atoms with Gasteiger partial charge in [0.2, 0.25) is 0 Å². The SMILES string of the molecule is Cc1cc(C)c(C(O)c2c(F)cccc2F)s1. The van der Waals surface area contributed by atoms with E-state index in [1.807, 2.05) is 19.9 Å². The summed E-state index contributed by atoms with van der Waals surface area (Å²) < 4.78 is 27.1. The molecule has 0 saturated carbocycles. The van der Waals surface area contributed by atoms with Gasteiger partial charge in [0.25, 0.3) is 0 Å². The van der Waals surface area contributed by atoms with E-state index in [-0.39, 0.29) is 5.56 Å². The van der Waals surface area contributed by atoms with E-state index in [4.69, 9.17) is 0 Å². The first-order chi connectivity index (χ1) is 8.00. The van der Waals surface area contributed by atoms with E-state index in [1.165, 1.54) is 17.4 Å². The summed E-state index contributed by atoms with van der Waals surface area (Å²) in [5, 5.41) is 10.1. The van der Waals surface area contributed by atoms with Gasteiger partial charge >= 0.3 is 0 Å². The minimum Gasteiger partial charge on any atom is -0.383 e. The second-order valence-corrected chi connectivity index (χ2v) is 5.23. The van der Waals surface area contributed by atoms with Gasteiger partial charge in [0.1, 0.15) is 17.7 Å². The molecule has 0 aliphatic rings. The maximum Gasteiger partial charge on any atom is 0.132 e. The summed E-state index contributed by atoms with van der Waals surface area (Å²) in [5.74, 6) is -1.44. The van der Waals surface area contributed by atoms with Crippen LogP contribution in [0.1, 0.15) is 27.0 Å². The van der Waals surface area contributed by atoms with Crippen LogP contribution in [0.15, 0.2) is 24.3 Å². The fourth-order valence-electron chi connectivity index (χ4n) is 1.83. The van der Waals surface area contributed by atoms with Crippen molar-refractivity contribution in [1.29, 1.82) is 0 Å². The van der Waals surface area contributed by atoms with Crippen LogP contribution in [0, 0.1) is 25.5 Å². The smallest absolute Gasteiger partial charge is 0.132 e. The number of thiophene rings is 1. The number of aliphatic hydroxyl groups is 1. The lowest BCUT2D eigenvalue weighted by molar-refractivity contribution is 0.212.